The predicted octanol–water partition coefficient (Wildman–Crippen LogP) is 2.87. The third-order valence-electron chi connectivity index (χ3n) is 4.62. The van der Waals surface area contributed by atoms with Gasteiger partial charge in [0.1, 0.15) is 6.54 Å². The van der Waals surface area contributed by atoms with Crippen LogP contribution in [0.1, 0.15) is 35.7 Å². The minimum Gasteiger partial charge on any atom is -0.453 e. The molecule has 1 atom stereocenters. The lowest BCUT2D eigenvalue weighted by Crippen LogP contribution is -2.47. The second-order valence-electron chi connectivity index (χ2n) is 6.91. The summed E-state index contributed by atoms with van der Waals surface area (Å²) in [5, 5.41) is 2.70. The van der Waals surface area contributed by atoms with Crippen LogP contribution in [-0.2, 0) is 19.1 Å². The molecule has 0 bridgehead atoms. The van der Waals surface area contributed by atoms with Gasteiger partial charge < -0.3 is 10.1 Å². The molecule has 0 saturated carbocycles. The molecule has 1 heterocycles. The van der Waals surface area contributed by atoms with Crippen LogP contribution in [0.3, 0.4) is 0 Å². The number of anilines is 2. The number of carbonyl (C=O) groups excluding carboxylic acids is 4. The van der Waals surface area contributed by atoms with Crippen molar-refractivity contribution in [3.63, 3.8) is 0 Å². The average Bonchev–Trinajstić information content (AvgIpc) is 2.71. The highest BCUT2D eigenvalue weighted by atomic mass is 16.5. The van der Waals surface area contributed by atoms with E-state index in [1.807, 2.05) is 19.1 Å². The molecule has 2 amide bonds. The highest BCUT2D eigenvalue weighted by Crippen LogP contribution is 2.29. The molecule has 1 N–H and O–H groups in total. The second kappa shape index (κ2) is 8.68. The molecule has 0 saturated heterocycles. The molecule has 0 unspecified atom stereocenters. The second-order valence-corrected chi connectivity index (χ2v) is 6.91. The van der Waals surface area contributed by atoms with Crippen molar-refractivity contribution >= 4 is 34.9 Å². The number of aryl methyl sites for hydroxylation is 1. The Bertz CT molecular complexity index is 952. The van der Waals surface area contributed by atoms with Crippen LogP contribution in [0.25, 0.3) is 0 Å². The number of hydrogen-bond donors (Lipinski definition) is 1. The summed E-state index contributed by atoms with van der Waals surface area (Å²) in [7, 11) is 0. The molecule has 7 heteroatoms. The Labute approximate surface area is 168 Å². The summed E-state index contributed by atoms with van der Waals surface area (Å²) in [6.07, 6.45) is -1.20. The van der Waals surface area contributed by atoms with Gasteiger partial charge in [-0.3, -0.25) is 24.1 Å². The summed E-state index contributed by atoms with van der Waals surface area (Å²) < 4.78 is 5.21. The Balaban J connectivity index is 1.57. The number of nitrogens with one attached hydrogen (secondary N) is 1. The molecule has 150 valence electrons. The summed E-state index contributed by atoms with van der Waals surface area (Å²) in [5.74, 6) is -1.62. The van der Waals surface area contributed by atoms with Gasteiger partial charge in [-0.2, -0.15) is 0 Å². The van der Waals surface area contributed by atoms with E-state index in [2.05, 4.69) is 5.32 Å². The van der Waals surface area contributed by atoms with E-state index in [0.29, 0.717) is 16.9 Å². The number of fused-ring (bicyclic) bond motifs is 1. The topological polar surface area (TPSA) is 92.8 Å². The Morgan fingerprint density at radius 3 is 2.48 bits per heavy atom. The summed E-state index contributed by atoms with van der Waals surface area (Å²) >= 11 is 0. The maximum absolute atomic E-state index is 12.7. The number of carbonyl (C=O) groups is 4. The molecule has 29 heavy (non-hydrogen) atoms. The van der Waals surface area contributed by atoms with Crippen molar-refractivity contribution < 1.29 is 23.9 Å². The smallest absolute Gasteiger partial charge is 0.307 e. The first-order valence-corrected chi connectivity index (χ1v) is 9.35. The Morgan fingerprint density at radius 2 is 1.76 bits per heavy atom. The van der Waals surface area contributed by atoms with Gasteiger partial charge in [-0.25, -0.2) is 0 Å². The number of hydrogen-bond acceptors (Lipinski definition) is 5. The molecule has 0 aliphatic carbocycles. The standard InChI is InChI=1S/C22H22N2O5/c1-14-7-9-16(10-8-14)19(25)11-12-21(27)29-15(2)22(28)24-13-20(26)23-17-5-3-4-6-18(17)24/h3-10,15H,11-13H2,1-2H3,(H,23,26)/t15-/m0/s1. The van der Waals surface area contributed by atoms with E-state index in [4.69, 9.17) is 4.74 Å². The fraction of sp³-hybridized carbons (Fsp3) is 0.273. The fourth-order valence-corrected chi connectivity index (χ4v) is 3.06. The molecule has 0 radical (unpaired) electrons. The van der Waals surface area contributed by atoms with Gasteiger partial charge in [-0.15, -0.1) is 0 Å². The lowest BCUT2D eigenvalue weighted by Gasteiger charge is -2.30. The fourth-order valence-electron chi connectivity index (χ4n) is 3.06. The van der Waals surface area contributed by atoms with Crippen LogP contribution >= 0.6 is 0 Å². The van der Waals surface area contributed by atoms with Gasteiger partial charge in [0.25, 0.3) is 5.91 Å². The van der Waals surface area contributed by atoms with Gasteiger partial charge in [0.05, 0.1) is 17.8 Å². The number of ketones is 1. The average molecular weight is 394 g/mol. The van der Waals surface area contributed by atoms with E-state index in [1.165, 1.54) is 11.8 Å². The van der Waals surface area contributed by atoms with Crippen molar-refractivity contribution in [2.75, 3.05) is 16.8 Å². The monoisotopic (exact) mass is 394 g/mol. The van der Waals surface area contributed by atoms with Crippen molar-refractivity contribution in [3.8, 4) is 0 Å². The first kappa shape index (κ1) is 20.3. The molecule has 0 aromatic heterocycles. The molecule has 2 aromatic rings. The Kier molecular flexibility index (Phi) is 6.07. The van der Waals surface area contributed by atoms with Crippen LogP contribution in [-0.4, -0.2) is 36.2 Å². The molecular formula is C22H22N2O5. The highest BCUT2D eigenvalue weighted by molar-refractivity contribution is 6.11. The molecular weight excluding hydrogens is 372 g/mol. The molecule has 1 aliphatic heterocycles. The molecule has 2 aromatic carbocycles. The summed E-state index contributed by atoms with van der Waals surface area (Å²) in [4.78, 5) is 50.2. The third kappa shape index (κ3) is 4.87. The van der Waals surface area contributed by atoms with Gasteiger partial charge in [0, 0.05) is 12.0 Å². The SMILES string of the molecule is Cc1ccc(C(=O)CCC(=O)O[C@@H](C)C(=O)N2CC(=O)Nc3ccccc32)cc1. The largest absolute Gasteiger partial charge is 0.453 e. The molecule has 7 nitrogen and oxygen atoms in total. The first-order valence-electron chi connectivity index (χ1n) is 9.35. The van der Waals surface area contributed by atoms with Crippen molar-refractivity contribution in [1.82, 2.24) is 0 Å². The van der Waals surface area contributed by atoms with Gasteiger partial charge in [-0.05, 0) is 26.0 Å². The molecule has 1 aliphatic rings. The van der Waals surface area contributed by atoms with Crippen LogP contribution in [0.5, 0.6) is 0 Å². The van der Waals surface area contributed by atoms with Crippen molar-refractivity contribution in [3.05, 3.63) is 59.7 Å². The predicted molar refractivity (Wildman–Crippen MR) is 108 cm³/mol. The van der Waals surface area contributed by atoms with E-state index >= 15 is 0 Å². The van der Waals surface area contributed by atoms with Gasteiger partial charge in [-0.1, -0.05) is 42.0 Å². The Morgan fingerprint density at radius 1 is 1.07 bits per heavy atom. The lowest BCUT2D eigenvalue weighted by atomic mass is 10.1. The zero-order valence-electron chi connectivity index (χ0n) is 16.3. The van der Waals surface area contributed by atoms with Gasteiger partial charge in [0.15, 0.2) is 11.9 Å². The van der Waals surface area contributed by atoms with Crippen LogP contribution < -0.4 is 10.2 Å². The van der Waals surface area contributed by atoms with Gasteiger partial charge >= 0.3 is 5.97 Å². The number of esters is 1. The normalized spacial score (nSPS) is 13.9. The summed E-state index contributed by atoms with van der Waals surface area (Å²) in [5.41, 5.74) is 2.65. The van der Waals surface area contributed by atoms with Crippen molar-refractivity contribution in [1.29, 1.82) is 0 Å². The lowest BCUT2D eigenvalue weighted by molar-refractivity contribution is -0.153. The van der Waals surface area contributed by atoms with E-state index in [0.717, 1.165) is 5.56 Å². The first-order chi connectivity index (χ1) is 13.8. The minimum absolute atomic E-state index is 0.00222. The number of Topliss-reactive ketones (excluding diaryl/α,β-unsaturated/α-hetero) is 1. The summed E-state index contributed by atoms with van der Waals surface area (Å²) in [6, 6.07) is 14.0. The van der Waals surface area contributed by atoms with Gasteiger partial charge in [0.2, 0.25) is 5.91 Å². The quantitative estimate of drug-likeness (QED) is 0.601. The van der Waals surface area contributed by atoms with E-state index in [-0.39, 0.29) is 31.1 Å². The number of ether oxygens (including phenoxy) is 1. The number of amides is 2. The zero-order chi connectivity index (χ0) is 21.0. The van der Waals surface area contributed by atoms with E-state index < -0.39 is 18.0 Å². The van der Waals surface area contributed by atoms with Crippen molar-refractivity contribution in [2.45, 2.75) is 32.8 Å². The van der Waals surface area contributed by atoms with Crippen LogP contribution in [0.15, 0.2) is 48.5 Å². The number of rotatable bonds is 6. The van der Waals surface area contributed by atoms with E-state index in [9.17, 15) is 19.2 Å². The Hall–Kier alpha value is -3.48. The number of benzene rings is 2. The van der Waals surface area contributed by atoms with Crippen LogP contribution in [0.2, 0.25) is 0 Å². The number of nitrogens with zero attached hydrogens (tertiary/aromatic N) is 1. The van der Waals surface area contributed by atoms with Crippen molar-refractivity contribution in [2.24, 2.45) is 0 Å². The third-order valence-corrected chi connectivity index (χ3v) is 4.62. The van der Waals surface area contributed by atoms with Crippen LogP contribution in [0.4, 0.5) is 11.4 Å². The highest BCUT2D eigenvalue weighted by Gasteiger charge is 2.31. The molecule has 3 rings (SSSR count). The van der Waals surface area contributed by atoms with Crippen LogP contribution in [0, 0.1) is 6.92 Å². The molecule has 0 spiro atoms. The zero-order valence-corrected chi connectivity index (χ0v) is 16.3. The van der Waals surface area contributed by atoms with E-state index in [1.54, 1.807) is 36.4 Å². The number of para-hydroxylation sites is 2. The maximum Gasteiger partial charge on any atom is 0.307 e. The summed E-state index contributed by atoms with van der Waals surface area (Å²) in [6.45, 7) is 3.23. The molecule has 0 fully saturated rings. The maximum atomic E-state index is 12.7. The minimum atomic E-state index is -1.07.